The summed E-state index contributed by atoms with van der Waals surface area (Å²) < 4.78 is 5.22. The van der Waals surface area contributed by atoms with E-state index in [1.807, 2.05) is 13.0 Å². The third-order valence-electron chi connectivity index (χ3n) is 3.83. The van der Waals surface area contributed by atoms with Gasteiger partial charge in [0.1, 0.15) is 17.0 Å². The summed E-state index contributed by atoms with van der Waals surface area (Å²) >= 11 is 0. The van der Waals surface area contributed by atoms with Gasteiger partial charge < -0.3 is 9.84 Å². The third-order valence-corrected chi connectivity index (χ3v) is 3.83. The van der Waals surface area contributed by atoms with Gasteiger partial charge in [0.2, 0.25) is 6.08 Å². The molecule has 0 unspecified atom stereocenters. The first-order valence-electron chi connectivity index (χ1n) is 6.02. The van der Waals surface area contributed by atoms with Crippen LogP contribution in [0.4, 0.5) is 0 Å². The second kappa shape index (κ2) is 4.46. The molecule has 1 aromatic rings. The monoisotopic (exact) mass is 247 g/mol. The topological polar surface area (TPSA) is 58.9 Å². The molecular formula is C14H17NO3. The lowest BCUT2D eigenvalue weighted by atomic mass is 9.70. The normalized spacial score (nSPS) is 16.6. The molecule has 2 rings (SSSR count). The van der Waals surface area contributed by atoms with Crippen LogP contribution in [0.2, 0.25) is 0 Å². The van der Waals surface area contributed by atoms with E-state index in [1.165, 1.54) is 0 Å². The van der Waals surface area contributed by atoms with Crippen molar-refractivity contribution in [1.29, 1.82) is 0 Å². The summed E-state index contributed by atoms with van der Waals surface area (Å²) in [6.45, 7) is 3.70. The lowest BCUT2D eigenvalue weighted by molar-refractivity contribution is 0.245. The fraction of sp³-hybridized carbons (Fsp3) is 0.500. The second-order valence-corrected chi connectivity index (χ2v) is 4.83. The molecule has 0 spiro atoms. The number of aliphatic imine (C=N–C) groups is 1. The lowest BCUT2D eigenvalue weighted by Gasteiger charge is -2.38. The highest BCUT2D eigenvalue weighted by molar-refractivity contribution is 5.57. The molecule has 0 aliphatic heterocycles. The maximum Gasteiger partial charge on any atom is 0.235 e. The van der Waals surface area contributed by atoms with Crippen molar-refractivity contribution in [1.82, 2.24) is 0 Å². The number of rotatable bonds is 3. The molecule has 0 bridgehead atoms. The van der Waals surface area contributed by atoms with Gasteiger partial charge in [-0.15, -0.1) is 0 Å². The number of methoxy groups -OCH3 is 1. The molecule has 1 aromatic carbocycles. The number of ether oxygens (including phenoxy) is 1. The van der Waals surface area contributed by atoms with Crippen LogP contribution in [0.5, 0.6) is 11.5 Å². The van der Waals surface area contributed by atoms with Crippen molar-refractivity contribution in [3.05, 3.63) is 22.8 Å². The number of phenols is 1. The predicted molar refractivity (Wildman–Crippen MR) is 67.8 cm³/mol. The Kier molecular flexibility index (Phi) is 3.14. The molecule has 1 aliphatic rings. The number of aryl methyl sites for hydroxylation is 1. The van der Waals surface area contributed by atoms with Crippen LogP contribution in [0.3, 0.4) is 0 Å². The molecule has 0 atom stereocenters. The van der Waals surface area contributed by atoms with Crippen molar-refractivity contribution in [3.63, 3.8) is 0 Å². The highest BCUT2D eigenvalue weighted by Crippen LogP contribution is 2.51. The van der Waals surface area contributed by atoms with Gasteiger partial charge in [0.15, 0.2) is 0 Å². The van der Waals surface area contributed by atoms with Crippen LogP contribution >= 0.6 is 0 Å². The van der Waals surface area contributed by atoms with E-state index < -0.39 is 5.54 Å². The Balaban J connectivity index is 2.64. The minimum atomic E-state index is -0.576. The Labute approximate surface area is 106 Å². The number of carbonyl (C=O) groups excluding carboxylic acids is 1. The third kappa shape index (κ3) is 1.70. The molecule has 4 nitrogen and oxygen atoms in total. The Morgan fingerprint density at radius 2 is 2.11 bits per heavy atom. The number of phenolic OH excluding ortho intramolecular Hbond substituents is 1. The molecule has 1 fully saturated rings. The summed E-state index contributed by atoms with van der Waals surface area (Å²) in [5.74, 6) is 0.837. The second-order valence-electron chi connectivity index (χ2n) is 4.83. The number of benzene rings is 1. The Morgan fingerprint density at radius 3 is 2.56 bits per heavy atom. The maximum atomic E-state index is 10.6. The van der Waals surface area contributed by atoms with Crippen LogP contribution < -0.4 is 4.74 Å². The van der Waals surface area contributed by atoms with Gasteiger partial charge in [-0.3, -0.25) is 0 Å². The van der Waals surface area contributed by atoms with Crippen LogP contribution in [-0.4, -0.2) is 18.3 Å². The quantitative estimate of drug-likeness (QED) is 0.660. The molecule has 0 amide bonds. The van der Waals surface area contributed by atoms with Crippen LogP contribution in [0.15, 0.2) is 11.1 Å². The summed E-state index contributed by atoms with van der Waals surface area (Å²) in [4.78, 5) is 14.6. The minimum Gasteiger partial charge on any atom is -0.507 e. The Morgan fingerprint density at radius 1 is 1.44 bits per heavy atom. The first-order chi connectivity index (χ1) is 8.55. The highest BCUT2D eigenvalue weighted by Gasteiger charge is 2.42. The molecule has 1 N–H and O–H groups in total. The van der Waals surface area contributed by atoms with Gasteiger partial charge in [0.05, 0.1) is 7.11 Å². The van der Waals surface area contributed by atoms with Crippen LogP contribution in [0.1, 0.15) is 36.0 Å². The molecule has 18 heavy (non-hydrogen) atoms. The zero-order chi connectivity index (χ0) is 13.3. The van der Waals surface area contributed by atoms with Crippen molar-refractivity contribution in [3.8, 4) is 11.5 Å². The molecular weight excluding hydrogens is 230 g/mol. The minimum absolute atomic E-state index is 0.186. The standard InChI is InChI=1S/C14H17NO3/c1-9-7-11(18-3)10(2)13(17)12(9)14(15-8-16)5-4-6-14/h7,17H,4-6H2,1-3H3. The largest absolute Gasteiger partial charge is 0.507 e. The average molecular weight is 247 g/mol. The Hall–Kier alpha value is -1.80. The smallest absolute Gasteiger partial charge is 0.235 e. The summed E-state index contributed by atoms with van der Waals surface area (Å²) in [5.41, 5.74) is 1.75. The van der Waals surface area contributed by atoms with Gasteiger partial charge in [0.25, 0.3) is 0 Å². The molecule has 0 saturated heterocycles. The summed E-state index contributed by atoms with van der Waals surface area (Å²) in [7, 11) is 1.57. The van der Waals surface area contributed by atoms with Gasteiger partial charge >= 0.3 is 0 Å². The SMILES string of the molecule is COc1cc(C)c(C2(N=C=O)CCC2)c(O)c1C. The van der Waals surface area contributed by atoms with E-state index in [-0.39, 0.29) is 5.75 Å². The number of nitrogens with zero attached hydrogens (tertiary/aromatic N) is 1. The number of aromatic hydroxyl groups is 1. The van der Waals surface area contributed by atoms with E-state index >= 15 is 0 Å². The fourth-order valence-corrected chi connectivity index (χ4v) is 2.68. The number of isocyanates is 1. The first kappa shape index (κ1) is 12.7. The summed E-state index contributed by atoms with van der Waals surface area (Å²) in [6.07, 6.45) is 4.21. The molecule has 0 radical (unpaired) electrons. The van der Waals surface area contributed by atoms with Crippen molar-refractivity contribution < 1.29 is 14.6 Å². The average Bonchev–Trinajstić information content (AvgIpc) is 2.30. The van der Waals surface area contributed by atoms with Gasteiger partial charge in [-0.05, 0) is 44.7 Å². The molecule has 96 valence electrons. The van der Waals surface area contributed by atoms with Crippen molar-refractivity contribution in [2.45, 2.75) is 38.6 Å². The fourth-order valence-electron chi connectivity index (χ4n) is 2.68. The van der Waals surface area contributed by atoms with Crippen LogP contribution in [-0.2, 0) is 10.3 Å². The van der Waals surface area contributed by atoms with E-state index in [2.05, 4.69) is 4.99 Å². The highest BCUT2D eigenvalue weighted by atomic mass is 16.5. The predicted octanol–water partition coefficient (Wildman–Crippen LogP) is 2.73. The van der Waals surface area contributed by atoms with E-state index in [9.17, 15) is 9.90 Å². The van der Waals surface area contributed by atoms with Gasteiger partial charge in [-0.25, -0.2) is 4.79 Å². The van der Waals surface area contributed by atoms with E-state index in [0.717, 1.165) is 30.4 Å². The molecule has 1 saturated carbocycles. The van der Waals surface area contributed by atoms with E-state index in [4.69, 9.17) is 4.74 Å². The van der Waals surface area contributed by atoms with Crippen LogP contribution in [0, 0.1) is 13.8 Å². The van der Waals surface area contributed by atoms with Crippen molar-refractivity contribution in [2.24, 2.45) is 4.99 Å². The van der Waals surface area contributed by atoms with Gasteiger partial charge in [-0.1, -0.05) is 0 Å². The van der Waals surface area contributed by atoms with Crippen molar-refractivity contribution >= 4 is 6.08 Å². The number of hydrogen-bond acceptors (Lipinski definition) is 4. The van der Waals surface area contributed by atoms with E-state index in [1.54, 1.807) is 20.1 Å². The maximum absolute atomic E-state index is 10.6. The van der Waals surface area contributed by atoms with Crippen LogP contribution in [0.25, 0.3) is 0 Å². The molecule has 1 aliphatic carbocycles. The zero-order valence-corrected chi connectivity index (χ0v) is 10.9. The lowest BCUT2D eigenvalue weighted by Crippen LogP contribution is -2.33. The summed E-state index contributed by atoms with van der Waals surface area (Å²) in [5, 5.41) is 10.3. The van der Waals surface area contributed by atoms with Gasteiger partial charge in [-0.2, -0.15) is 4.99 Å². The van der Waals surface area contributed by atoms with E-state index in [0.29, 0.717) is 11.3 Å². The molecule has 4 heteroatoms. The Bertz CT molecular complexity index is 526. The summed E-state index contributed by atoms with van der Waals surface area (Å²) in [6, 6.07) is 1.88. The number of hydrogen-bond donors (Lipinski definition) is 1. The molecule has 0 aromatic heterocycles. The van der Waals surface area contributed by atoms with Gasteiger partial charge in [0, 0.05) is 11.1 Å². The first-order valence-corrected chi connectivity index (χ1v) is 6.02. The zero-order valence-electron chi connectivity index (χ0n) is 10.9. The molecule has 0 heterocycles. The van der Waals surface area contributed by atoms with Crippen molar-refractivity contribution in [2.75, 3.05) is 7.11 Å².